The van der Waals surface area contributed by atoms with E-state index in [1.807, 2.05) is 6.07 Å². The van der Waals surface area contributed by atoms with Crippen molar-refractivity contribution in [2.45, 2.75) is 11.7 Å². The Kier molecular flexibility index (Phi) is 5.67. The Morgan fingerprint density at radius 2 is 2.35 bits per heavy atom. The summed E-state index contributed by atoms with van der Waals surface area (Å²) in [6.07, 6.45) is 0. The number of carbonyl (C=O) groups is 1. The molecule has 120 valence electrons. The predicted octanol–water partition coefficient (Wildman–Crippen LogP) is 1.78. The molecule has 0 atom stereocenters. The lowest BCUT2D eigenvalue weighted by Crippen LogP contribution is -2.20. The Hall–Kier alpha value is -2.44. The van der Waals surface area contributed by atoms with E-state index < -0.39 is 0 Å². The largest absolute Gasteiger partial charge is 0.495 e. The van der Waals surface area contributed by atoms with Crippen molar-refractivity contribution in [3.8, 4) is 11.8 Å². The molecule has 0 aliphatic carbocycles. The molecule has 1 aromatic heterocycles. The Morgan fingerprint density at radius 1 is 1.57 bits per heavy atom. The quantitative estimate of drug-likeness (QED) is 0.760. The van der Waals surface area contributed by atoms with Gasteiger partial charge in [0.2, 0.25) is 11.9 Å². The van der Waals surface area contributed by atoms with Crippen LogP contribution in [0.4, 0.5) is 11.6 Å². The van der Waals surface area contributed by atoms with Gasteiger partial charge in [0.1, 0.15) is 12.3 Å². The molecule has 10 heteroatoms. The molecule has 1 aromatic carbocycles. The molecule has 0 spiro atoms. The Morgan fingerprint density at radius 3 is 3.00 bits per heavy atom. The highest BCUT2D eigenvalue weighted by molar-refractivity contribution is 7.99. The fourth-order valence-electron chi connectivity index (χ4n) is 1.74. The van der Waals surface area contributed by atoms with Gasteiger partial charge in [-0.05, 0) is 18.2 Å². The summed E-state index contributed by atoms with van der Waals surface area (Å²) < 4.78 is 6.48. The van der Waals surface area contributed by atoms with Crippen LogP contribution in [0.25, 0.3) is 0 Å². The van der Waals surface area contributed by atoms with Crippen LogP contribution < -0.4 is 15.8 Å². The second-order valence-corrected chi connectivity index (χ2v) is 5.62. The van der Waals surface area contributed by atoms with Crippen molar-refractivity contribution in [3.05, 3.63) is 23.2 Å². The second-order valence-electron chi connectivity index (χ2n) is 4.27. The third kappa shape index (κ3) is 4.28. The highest BCUT2D eigenvalue weighted by Crippen LogP contribution is 2.27. The van der Waals surface area contributed by atoms with Gasteiger partial charge in [-0.2, -0.15) is 5.26 Å². The third-order valence-corrected chi connectivity index (χ3v) is 3.88. The summed E-state index contributed by atoms with van der Waals surface area (Å²) >= 11 is 7.16. The maximum absolute atomic E-state index is 12.1. The lowest BCUT2D eigenvalue weighted by molar-refractivity contribution is -0.116. The number of nitrogens with one attached hydrogen (secondary N) is 1. The SMILES string of the molecule is COc1ccc(NC(=O)Cn2c(N)nnc2SCC#N)cc1Cl. The number of methoxy groups -OCH3 is 1. The molecule has 8 nitrogen and oxygen atoms in total. The highest BCUT2D eigenvalue weighted by atomic mass is 35.5. The van der Waals surface area contributed by atoms with E-state index in [0.29, 0.717) is 21.6 Å². The van der Waals surface area contributed by atoms with Gasteiger partial charge in [-0.1, -0.05) is 23.4 Å². The normalized spacial score (nSPS) is 10.1. The molecule has 3 N–H and O–H groups in total. The number of nitrogens with two attached hydrogens (primary N) is 1. The maximum atomic E-state index is 12.1. The van der Waals surface area contributed by atoms with Crippen molar-refractivity contribution in [1.82, 2.24) is 14.8 Å². The molecule has 0 bridgehead atoms. The van der Waals surface area contributed by atoms with Gasteiger partial charge in [-0.15, -0.1) is 10.2 Å². The number of nitriles is 1. The minimum Gasteiger partial charge on any atom is -0.495 e. The summed E-state index contributed by atoms with van der Waals surface area (Å²) in [6.45, 7) is -0.0732. The lowest BCUT2D eigenvalue weighted by Gasteiger charge is -2.10. The first-order valence-corrected chi connectivity index (χ1v) is 7.73. The number of carbonyl (C=O) groups excluding carboxylic acids is 1. The number of thioether (sulfide) groups is 1. The molecule has 0 aliphatic rings. The topological polar surface area (TPSA) is 119 Å². The number of amides is 1. The number of aromatic nitrogens is 3. The van der Waals surface area contributed by atoms with E-state index in [1.165, 1.54) is 11.7 Å². The van der Waals surface area contributed by atoms with Gasteiger partial charge in [-0.3, -0.25) is 9.36 Å². The van der Waals surface area contributed by atoms with Crippen molar-refractivity contribution in [3.63, 3.8) is 0 Å². The van der Waals surface area contributed by atoms with Gasteiger partial charge in [-0.25, -0.2) is 0 Å². The van der Waals surface area contributed by atoms with Crippen LogP contribution in [-0.4, -0.2) is 33.5 Å². The highest BCUT2D eigenvalue weighted by Gasteiger charge is 2.14. The molecular formula is C13H13ClN6O2S. The zero-order valence-electron chi connectivity index (χ0n) is 12.1. The number of halogens is 1. The molecular weight excluding hydrogens is 340 g/mol. The van der Waals surface area contributed by atoms with Crippen molar-refractivity contribution in [1.29, 1.82) is 5.26 Å². The summed E-state index contributed by atoms with van der Waals surface area (Å²) in [7, 11) is 1.51. The van der Waals surface area contributed by atoms with E-state index in [-0.39, 0.29) is 24.2 Å². The van der Waals surface area contributed by atoms with Crippen LogP contribution in [0.2, 0.25) is 5.02 Å². The van der Waals surface area contributed by atoms with E-state index in [0.717, 1.165) is 11.8 Å². The van der Waals surface area contributed by atoms with E-state index in [4.69, 9.17) is 27.3 Å². The first kappa shape index (κ1) is 16.9. The molecule has 2 rings (SSSR count). The van der Waals surface area contributed by atoms with Gasteiger partial charge in [0.15, 0.2) is 5.16 Å². The number of anilines is 2. The smallest absolute Gasteiger partial charge is 0.244 e. The number of hydrogen-bond donors (Lipinski definition) is 2. The van der Waals surface area contributed by atoms with E-state index >= 15 is 0 Å². The van der Waals surface area contributed by atoms with E-state index in [2.05, 4.69) is 15.5 Å². The molecule has 1 amide bonds. The Bertz CT molecular complexity index is 757. The van der Waals surface area contributed by atoms with Crippen molar-refractivity contribution in [2.24, 2.45) is 0 Å². The van der Waals surface area contributed by atoms with Crippen LogP contribution in [0, 0.1) is 11.3 Å². The maximum Gasteiger partial charge on any atom is 0.244 e. The number of rotatable bonds is 6. The van der Waals surface area contributed by atoms with Crippen LogP contribution in [0.5, 0.6) is 5.75 Å². The minimum atomic E-state index is -0.323. The zero-order chi connectivity index (χ0) is 16.8. The van der Waals surface area contributed by atoms with Crippen LogP contribution >= 0.6 is 23.4 Å². The van der Waals surface area contributed by atoms with Crippen LogP contribution in [0.3, 0.4) is 0 Å². The molecule has 2 aromatic rings. The molecule has 23 heavy (non-hydrogen) atoms. The minimum absolute atomic E-state index is 0.0732. The van der Waals surface area contributed by atoms with E-state index in [1.54, 1.807) is 18.2 Å². The molecule has 0 unspecified atom stereocenters. The predicted molar refractivity (Wildman–Crippen MR) is 87.4 cm³/mol. The average molecular weight is 353 g/mol. The molecule has 0 saturated carbocycles. The zero-order valence-corrected chi connectivity index (χ0v) is 13.7. The second kappa shape index (κ2) is 7.71. The monoisotopic (exact) mass is 352 g/mol. The van der Waals surface area contributed by atoms with Crippen molar-refractivity contribution < 1.29 is 9.53 Å². The molecule has 0 aliphatic heterocycles. The summed E-state index contributed by atoms with van der Waals surface area (Å²) in [5.74, 6) is 0.487. The van der Waals surface area contributed by atoms with E-state index in [9.17, 15) is 4.79 Å². The van der Waals surface area contributed by atoms with Gasteiger partial charge in [0.05, 0.1) is 24.0 Å². The van der Waals surface area contributed by atoms with Crippen molar-refractivity contribution >= 4 is 40.9 Å². The number of ether oxygens (including phenoxy) is 1. The summed E-state index contributed by atoms with van der Waals surface area (Å²) in [4.78, 5) is 12.1. The fraction of sp³-hybridized carbons (Fsp3) is 0.231. The van der Waals surface area contributed by atoms with Crippen LogP contribution in [0.1, 0.15) is 0 Å². The Balaban J connectivity index is 2.07. The lowest BCUT2D eigenvalue weighted by atomic mass is 10.3. The molecule has 0 radical (unpaired) electrons. The first-order valence-electron chi connectivity index (χ1n) is 6.37. The summed E-state index contributed by atoms with van der Waals surface area (Å²) in [5.41, 5.74) is 6.22. The number of nitrogens with zero attached hydrogens (tertiary/aromatic N) is 4. The van der Waals surface area contributed by atoms with Gasteiger partial charge in [0.25, 0.3) is 0 Å². The van der Waals surface area contributed by atoms with Crippen LogP contribution in [-0.2, 0) is 11.3 Å². The first-order chi connectivity index (χ1) is 11.0. The fourth-order valence-corrected chi connectivity index (χ4v) is 2.60. The van der Waals surface area contributed by atoms with Crippen molar-refractivity contribution in [2.75, 3.05) is 23.9 Å². The molecule has 0 fully saturated rings. The summed E-state index contributed by atoms with van der Waals surface area (Å²) in [6, 6.07) is 6.88. The van der Waals surface area contributed by atoms with Gasteiger partial charge < -0.3 is 15.8 Å². The standard InChI is InChI=1S/C13H13ClN6O2S/c1-22-10-3-2-8(6-9(10)14)17-11(21)7-20-12(16)18-19-13(20)23-5-4-15/h2-3,6H,5,7H2,1H3,(H2,16,18)(H,17,21). The number of nitrogen functional groups attached to an aromatic ring is 1. The molecule has 0 saturated heterocycles. The number of benzene rings is 1. The third-order valence-electron chi connectivity index (χ3n) is 2.75. The number of hydrogen-bond acceptors (Lipinski definition) is 7. The average Bonchev–Trinajstić information content (AvgIpc) is 2.86. The Labute approximate surface area is 141 Å². The molecule has 1 heterocycles. The summed E-state index contributed by atoms with van der Waals surface area (Å²) in [5, 5.41) is 19.6. The van der Waals surface area contributed by atoms with Crippen LogP contribution in [0.15, 0.2) is 23.4 Å². The van der Waals surface area contributed by atoms with Gasteiger partial charge in [0, 0.05) is 5.69 Å². The van der Waals surface area contributed by atoms with Gasteiger partial charge >= 0.3 is 0 Å².